The fraction of sp³-hybridized carbons (Fsp3) is 0.278. The third-order valence-electron chi connectivity index (χ3n) is 4.38. The number of hydrogen-bond acceptors (Lipinski definition) is 5. The predicted molar refractivity (Wildman–Crippen MR) is 114 cm³/mol. The molecule has 0 saturated carbocycles. The van der Waals surface area contributed by atoms with Gasteiger partial charge in [0.05, 0.1) is 28.1 Å². The number of halogens is 3. The van der Waals surface area contributed by atoms with Gasteiger partial charge in [0.1, 0.15) is 16.4 Å². The van der Waals surface area contributed by atoms with Gasteiger partial charge in [0.2, 0.25) is 5.91 Å². The first-order valence-corrected chi connectivity index (χ1v) is 9.94. The molecule has 0 aliphatic heterocycles. The third kappa shape index (κ3) is 4.92. The van der Waals surface area contributed by atoms with Crippen molar-refractivity contribution in [3.63, 3.8) is 0 Å². The van der Waals surface area contributed by atoms with Crippen LogP contribution in [0.25, 0.3) is 0 Å². The van der Waals surface area contributed by atoms with E-state index in [0.29, 0.717) is 28.0 Å². The fourth-order valence-electron chi connectivity index (χ4n) is 2.96. The molecule has 2 aromatic heterocycles. The molecule has 1 amide bonds. The highest BCUT2D eigenvalue weighted by atomic mass is 35.5. The SMILES string of the molecule is Cc1nn(CCC(=O)Nc2nn(Cc3ccc(Cl)c(Cl)c3)cc2Cl)c(C)c1[N+](=O)[O-]. The summed E-state index contributed by atoms with van der Waals surface area (Å²) in [6.07, 6.45) is 1.64. The van der Waals surface area contributed by atoms with Crippen molar-refractivity contribution >= 4 is 52.2 Å². The number of nitrogens with one attached hydrogen (secondary N) is 1. The summed E-state index contributed by atoms with van der Waals surface area (Å²) in [6.45, 7) is 3.73. The Hall–Kier alpha value is -2.62. The van der Waals surface area contributed by atoms with Gasteiger partial charge in [-0.05, 0) is 31.5 Å². The van der Waals surface area contributed by atoms with Crippen LogP contribution in [0.4, 0.5) is 11.5 Å². The Morgan fingerprint density at radius 3 is 2.53 bits per heavy atom. The van der Waals surface area contributed by atoms with Crippen LogP contribution < -0.4 is 5.32 Å². The van der Waals surface area contributed by atoms with Crippen LogP contribution in [0.1, 0.15) is 23.4 Å². The van der Waals surface area contributed by atoms with Gasteiger partial charge < -0.3 is 5.32 Å². The molecule has 3 rings (SSSR count). The number of carbonyl (C=O) groups excluding carboxylic acids is 1. The van der Waals surface area contributed by atoms with E-state index in [1.807, 2.05) is 6.07 Å². The average Bonchev–Trinajstić information content (AvgIpc) is 3.14. The molecule has 3 aromatic rings. The number of nitrogens with zero attached hydrogens (tertiary/aromatic N) is 5. The molecule has 2 heterocycles. The van der Waals surface area contributed by atoms with Gasteiger partial charge >= 0.3 is 5.69 Å². The van der Waals surface area contributed by atoms with Crippen LogP contribution in [-0.4, -0.2) is 30.4 Å². The normalized spacial score (nSPS) is 11.0. The fourth-order valence-corrected chi connectivity index (χ4v) is 3.48. The van der Waals surface area contributed by atoms with E-state index in [4.69, 9.17) is 34.8 Å². The second-order valence-corrected chi connectivity index (χ2v) is 7.79. The molecule has 1 N–H and O–H groups in total. The number of anilines is 1. The Labute approximate surface area is 186 Å². The smallest absolute Gasteiger partial charge is 0.308 e. The number of nitro groups is 1. The summed E-state index contributed by atoms with van der Waals surface area (Å²) < 4.78 is 3.01. The van der Waals surface area contributed by atoms with Crippen molar-refractivity contribution < 1.29 is 9.72 Å². The molecule has 1 aromatic carbocycles. The first-order chi connectivity index (χ1) is 14.2. The lowest BCUT2D eigenvalue weighted by Gasteiger charge is -2.05. The highest BCUT2D eigenvalue weighted by Gasteiger charge is 2.22. The quantitative estimate of drug-likeness (QED) is 0.399. The molecule has 0 aliphatic rings. The lowest BCUT2D eigenvalue weighted by atomic mass is 10.2. The third-order valence-corrected chi connectivity index (χ3v) is 5.40. The van der Waals surface area contributed by atoms with E-state index in [1.54, 1.807) is 36.9 Å². The van der Waals surface area contributed by atoms with Crippen LogP contribution in [0.15, 0.2) is 24.4 Å². The molecule has 12 heteroatoms. The number of benzene rings is 1. The second kappa shape index (κ2) is 9.03. The summed E-state index contributed by atoms with van der Waals surface area (Å²) in [7, 11) is 0. The predicted octanol–water partition coefficient (Wildman–Crippen LogP) is 4.64. The average molecular weight is 472 g/mol. The number of rotatable bonds is 7. The van der Waals surface area contributed by atoms with Crippen LogP contribution in [0.5, 0.6) is 0 Å². The Bertz CT molecular complexity index is 1120. The molecule has 9 nitrogen and oxygen atoms in total. The zero-order chi connectivity index (χ0) is 22.0. The summed E-state index contributed by atoms with van der Waals surface area (Å²) in [5, 5.41) is 23.3. The van der Waals surface area contributed by atoms with Gasteiger partial charge in [0.15, 0.2) is 5.82 Å². The molecule has 0 bridgehead atoms. The van der Waals surface area contributed by atoms with Gasteiger partial charge in [0, 0.05) is 12.6 Å². The summed E-state index contributed by atoms with van der Waals surface area (Å²) in [5.74, 6) is -0.118. The lowest BCUT2D eigenvalue weighted by Crippen LogP contribution is -2.16. The van der Waals surface area contributed by atoms with E-state index in [0.717, 1.165) is 5.56 Å². The van der Waals surface area contributed by atoms with E-state index in [1.165, 1.54) is 4.68 Å². The van der Waals surface area contributed by atoms with Crippen molar-refractivity contribution in [2.45, 2.75) is 33.4 Å². The van der Waals surface area contributed by atoms with E-state index >= 15 is 0 Å². The Kier molecular flexibility index (Phi) is 6.64. The first kappa shape index (κ1) is 22.1. The highest BCUT2D eigenvalue weighted by molar-refractivity contribution is 6.42. The minimum absolute atomic E-state index is 0.0421. The maximum absolute atomic E-state index is 12.3. The maximum Gasteiger partial charge on any atom is 0.312 e. The van der Waals surface area contributed by atoms with Crippen molar-refractivity contribution in [1.82, 2.24) is 19.6 Å². The van der Waals surface area contributed by atoms with Crippen LogP contribution in [0, 0.1) is 24.0 Å². The molecule has 0 radical (unpaired) electrons. The van der Waals surface area contributed by atoms with Gasteiger partial charge in [-0.2, -0.15) is 10.2 Å². The number of aromatic nitrogens is 4. The molecular formula is C18H17Cl3N6O3. The second-order valence-electron chi connectivity index (χ2n) is 6.57. The van der Waals surface area contributed by atoms with E-state index in [2.05, 4.69) is 15.5 Å². The minimum Gasteiger partial charge on any atom is -0.308 e. The van der Waals surface area contributed by atoms with Gasteiger partial charge in [-0.3, -0.25) is 24.3 Å². The molecule has 0 saturated heterocycles. The Morgan fingerprint density at radius 1 is 1.17 bits per heavy atom. The van der Waals surface area contributed by atoms with E-state index < -0.39 is 4.92 Å². The summed E-state index contributed by atoms with van der Waals surface area (Å²) in [4.78, 5) is 22.9. The van der Waals surface area contributed by atoms with Gasteiger partial charge in [-0.1, -0.05) is 40.9 Å². The van der Waals surface area contributed by atoms with Gasteiger partial charge in [-0.25, -0.2) is 0 Å². The molecular weight excluding hydrogens is 455 g/mol. The molecule has 0 spiro atoms. The van der Waals surface area contributed by atoms with Gasteiger partial charge in [-0.15, -0.1) is 0 Å². The molecule has 158 valence electrons. The van der Waals surface area contributed by atoms with Crippen molar-refractivity contribution in [3.8, 4) is 0 Å². The number of carbonyl (C=O) groups is 1. The van der Waals surface area contributed by atoms with Crippen LogP contribution in [-0.2, 0) is 17.9 Å². The molecule has 0 aliphatic carbocycles. The van der Waals surface area contributed by atoms with E-state index in [-0.39, 0.29) is 35.4 Å². The molecule has 0 fully saturated rings. The summed E-state index contributed by atoms with van der Waals surface area (Å²) >= 11 is 18.1. The van der Waals surface area contributed by atoms with Crippen molar-refractivity contribution in [2.24, 2.45) is 0 Å². The van der Waals surface area contributed by atoms with E-state index in [9.17, 15) is 14.9 Å². The lowest BCUT2D eigenvalue weighted by molar-refractivity contribution is -0.386. The zero-order valence-electron chi connectivity index (χ0n) is 16.0. The van der Waals surface area contributed by atoms with Crippen LogP contribution >= 0.6 is 34.8 Å². The number of hydrogen-bond donors (Lipinski definition) is 1. The monoisotopic (exact) mass is 470 g/mol. The van der Waals surface area contributed by atoms with Crippen LogP contribution in [0.3, 0.4) is 0 Å². The maximum atomic E-state index is 12.3. The topological polar surface area (TPSA) is 108 Å². The molecule has 30 heavy (non-hydrogen) atoms. The summed E-state index contributed by atoms with van der Waals surface area (Å²) in [5.41, 5.74) is 1.53. The summed E-state index contributed by atoms with van der Waals surface area (Å²) in [6, 6.07) is 5.23. The van der Waals surface area contributed by atoms with Crippen molar-refractivity contribution in [1.29, 1.82) is 0 Å². The standard InChI is InChI=1S/C18H17Cl3N6O3/c1-10-17(27(29)30)11(2)26(23-10)6-5-16(28)22-18-15(21)9-25(24-18)8-12-3-4-13(19)14(20)7-12/h3-4,7,9H,5-6,8H2,1-2H3,(H,22,24,28). The van der Waals surface area contributed by atoms with Gasteiger partial charge in [0.25, 0.3) is 0 Å². The zero-order valence-corrected chi connectivity index (χ0v) is 18.3. The van der Waals surface area contributed by atoms with Crippen LogP contribution in [0.2, 0.25) is 15.1 Å². The minimum atomic E-state index is -0.478. The number of amides is 1. The Balaban J connectivity index is 1.63. The first-order valence-electron chi connectivity index (χ1n) is 8.81. The molecule has 0 atom stereocenters. The molecule has 0 unspecified atom stereocenters. The van der Waals surface area contributed by atoms with Crippen molar-refractivity contribution in [3.05, 3.63) is 66.5 Å². The van der Waals surface area contributed by atoms with Crippen molar-refractivity contribution in [2.75, 3.05) is 5.32 Å². The largest absolute Gasteiger partial charge is 0.312 e. The highest BCUT2D eigenvalue weighted by Crippen LogP contribution is 2.25. The number of aryl methyl sites for hydroxylation is 2. The Morgan fingerprint density at radius 2 is 1.90 bits per heavy atom.